The number of rotatable bonds is 58. The maximum absolute atomic E-state index is 13.0. The summed E-state index contributed by atoms with van der Waals surface area (Å²) in [6.07, 6.45) is 67.3. The third kappa shape index (κ3) is 55.3. The standard InChI is InChI=1S/C63H123N2O7P/c1-6-8-10-12-14-16-18-20-21-22-23-24-25-26-27-28-29-30-31-32-33-34-35-36-37-38-39-40-41-42-43-44-46-48-50-52-54-56-62(67)64-60(59-72-73(69,70)71-58-57-65(3,4)5)63(68)61(66)55-53-51-49-47-45-19-17-15-13-11-9-7-2/h7,9,15,17,47,49,60-61,63,66,68H,6,8,10-14,16,18-46,48,50-59H2,1-5H3,(H-,64,67,69,70)/p+1/b9-7+,17-15+,49-47+. The summed E-state index contributed by atoms with van der Waals surface area (Å²) in [6, 6.07) is -1.06. The van der Waals surface area contributed by atoms with Crippen LogP contribution in [-0.4, -0.2) is 84.6 Å². The van der Waals surface area contributed by atoms with Gasteiger partial charge in [0, 0.05) is 6.42 Å². The van der Waals surface area contributed by atoms with E-state index in [0.29, 0.717) is 23.9 Å². The molecule has 0 aromatic heterocycles. The molecule has 0 heterocycles. The average Bonchev–Trinajstić information content (AvgIpc) is 3.35. The van der Waals surface area contributed by atoms with E-state index >= 15 is 0 Å². The summed E-state index contributed by atoms with van der Waals surface area (Å²) in [4.78, 5) is 23.3. The molecule has 9 nitrogen and oxygen atoms in total. The smallest absolute Gasteiger partial charge is 0.390 e. The number of aliphatic hydroxyl groups is 2. The molecule has 0 radical (unpaired) electrons. The van der Waals surface area contributed by atoms with Crippen LogP contribution in [0.4, 0.5) is 0 Å². The average molecular weight is 1050 g/mol. The Balaban J connectivity index is 3.94. The Hall–Kier alpha value is -1.32. The fourth-order valence-corrected chi connectivity index (χ4v) is 10.3. The fraction of sp³-hybridized carbons (Fsp3) is 0.889. The number of nitrogens with zero attached hydrogens (tertiary/aromatic N) is 1. The number of quaternary nitrogens is 1. The predicted molar refractivity (Wildman–Crippen MR) is 315 cm³/mol. The van der Waals surface area contributed by atoms with Gasteiger partial charge in [-0.1, -0.05) is 275 Å². The van der Waals surface area contributed by atoms with E-state index in [-0.39, 0.29) is 18.9 Å². The molecule has 0 saturated carbocycles. The van der Waals surface area contributed by atoms with Crippen LogP contribution in [0.25, 0.3) is 0 Å². The predicted octanol–water partition coefficient (Wildman–Crippen LogP) is 18.3. The molecule has 0 aliphatic carbocycles. The van der Waals surface area contributed by atoms with Gasteiger partial charge in [0.05, 0.1) is 39.9 Å². The van der Waals surface area contributed by atoms with Gasteiger partial charge in [-0.3, -0.25) is 13.8 Å². The lowest BCUT2D eigenvalue weighted by Crippen LogP contribution is -2.51. The largest absolute Gasteiger partial charge is 0.472 e. The quantitative estimate of drug-likeness (QED) is 0.0207. The van der Waals surface area contributed by atoms with Crippen molar-refractivity contribution in [1.29, 1.82) is 0 Å². The molecule has 0 saturated heterocycles. The number of aliphatic hydroxyl groups excluding tert-OH is 2. The molecular formula is C63H124N2O7P+. The van der Waals surface area contributed by atoms with Crippen molar-refractivity contribution >= 4 is 13.7 Å². The highest BCUT2D eigenvalue weighted by Gasteiger charge is 2.32. The van der Waals surface area contributed by atoms with Gasteiger partial charge in [-0.25, -0.2) is 4.57 Å². The van der Waals surface area contributed by atoms with Gasteiger partial charge in [-0.15, -0.1) is 0 Å². The van der Waals surface area contributed by atoms with E-state index in [1.54, 1.807) is 0 Å². The molecule has 0 aliphatic rings. The summed E-state index contributed by atoms with van der Waals surface area (Å²) in [7, 11) is 1.41. The number of amides is 1. The van der Waals surface area contributed by atoms with Gasteiger partial charge in [0.2, 0.25) is 5.91 Å². The molecule has 0 aromatic carbocycles. The maximum Gasteiger partial charge on any atom is 0.472 e. The number of nitrogens with one attached hydrogen (secondary N) is 1. The van der Waals surface area contributed by atoms with Crippen molar-refractivity contribution in [3.8, 4) is 0 Å². The van der Waals surface area contributed by atoms with E-state index in [1.807, 2.05) is 28.1 Å². The molecule has 432 valence electrons. The van der Waals surface area contributed by atoms with Gasteiger partial charge in [-0.05, 0) is 58.3 Å². The van der Waals surface area contributed by atoms with Crippen molar-refractivity contribution in [3.63, 3.8) is 0 Å². The summed E-state index contributed by atoms with van der Waals surface area (Å²) in [5.41, 5.74) is 0. The number of phosphoric ester groups is 1. The molecule has 4 unspecified atom stereocenters. The van der Waals surface area contributed by atoms with E-state index in [2.05, 4.69) is 48.7 Å². The normalized spacial score (nSPS) is 14.5. The highest BCUT2D eigenvalue weighted by molar-refractivity contribution is 7.47. The van der Waals surface area contributed by atoms with E-state index in [9.17, 15) is 24.5 Å². The van der Waals surface area contributed by atoms with Gasteiger partial charge in [0.25, 0.3) is 0 Å². The van der Waals surface area contributed by atoms with Crippen molar-refractivity contribution in [2.24, 2.45) is 0 Å². The minimum atomic E-state index is -4.43. The molecule has 4 N–H and O–H groups in total. The van der Waals surface area contributed by atoms with Crippen LogP contribution in [-0.2, 0) is 18.4 Å². The Morgan fingerprint density at radius 1 is 0.493 bits per heavy atom. The zero-order chi connectivity index (χ0) is 53.6. The van der Waals surface area contributed by atoms with Gasteiger partial charge in [0.1, 0.15) is 19.3 Å². The lowest BCUT2D eigenvalue weighted by atomic mass is 10.0. The van der Waals surface area contributed by atoms with Gasteiger partial charge >= 0.3 is 7.82 Å². The number of allylic oxidation sites excluding steroid dienone is 6. The molecule has 10 heteroatoms. The molecule has 0 aliphatic heterocycles. The van der Waals surface area contributed by atoms with Crippen LogP contribution in [0, 0.1) is 0 Å². The highest BCUT2D eigenvalue weighted by atomic mass is 31.2. The maximum atomic E-state index is 13.0. The molecule has 0 spiro atoms. The molecule has 0 rings (SSSR count). The van der Waals surface area contributed by atoms with Crippen LogP contribution in [0.1, 0.15) is 303 Å². The fourth-order valence-electron chi connectivity index (χ4n) is 9.60. The zero-order valence-corrected chi connectivity index (χ0v) is 49.9. The highest BCUT2D eigenvalue weighted by Crippen LogP contribution is 2.43. The molecular weight excluding hydrogens is 928 g/mol. The van der Waals surface area contributed by atoms with Crippen LogP contribution >= 0.6 is 7.82 Å². The number of hydrogen-bond acceptors (Lipinski definition) is 6. The number of carbonyl (C=O) groups excluding carboxylic acids is 1. The monoisotopic (exact) mass is 1050 g/mol. The Kier molecular flexibility index (Phi) is 53.1. The first kappa shape index (κ1) is 71.7. The summed E-state index contributed by atoms with van der Waals surface area (Å²) >= 11 is 0. The van der Waals surface area contributed by atoms with Crippen LogP contribution in [0.15, 0.2) is 36.5 Å². The SMILES string of the molecule is C/C=C/CC/C=C/CC/C=C/CCCC(O)C(O)C(COP(=O)(O)OCC[N+](C)(C)C)NC(=O)CCCCCCCCCCCCCCCCCCCCCCCCCCCCCCCCCCCCCCC. The molecule has 0 fully saturated rings. The minimum Gasteiger partial charge on any atom is -0.390 e. The number of unbranched alkanes of at least 4 members (excludes halogenated alkanes) is 39. The first-order chi connectivity index (χ1) is 35.4. The number of likely N-dealkylation sites (N-methyl/N-ethyl adjacent to an activating group) is 1. The third-order valence-electron chi connectivity index (χ3n) is 14.5. The van der Waals surface area contributed by atoms with E-state index in [0.717, 1.165) is 51.4 Å². The Bertz CT molecular complexity index is 1300. The first-order valence-electron chi connectivity index (χ1n) is 31.4. The van der Waals surface area contributed by atoms with Crippen molar-refractivity contribution in [3.05, 3.63) is 36.5 Å². The molecule has 73 heavy (non-hydrogen) atoms. The number of hydrogen-bond donors (Lipinski definition) is 4. The zero-order valence-electron chi connectivity index (χ0n) is 49.0. The third-order valence-corrected chi connectivity index (χ3v) is 15.5. The molecule has 0 aromatic rings. The lowest BCUT2D eigenvalue weighted by Gasteiger charge is -2.28. The Labute approximate surface area is 453 Å². The van der Waals surface area contributed by atoms with Gasteiger partial charge < -0.3 is 24.9 Å². The summed E-state index contributed by atoms with van der Waals surface area (Å²) in [6.45, 7) is 4.39. The van der Waals surface area contributed by atoms with E-state index in [4.69, 9.17) is 9.05 Å². The van der Waals surface area contributed by atoms with Gasteiger partial charge in [-0.2, -0.15) is 0 Å². The van der Waals surface area contributed by atoms with Crippen molar-refractivity contribution in [2.45, 2.75) is 321 Å². The molecule has 1 amide bonds. The Morgan fingerprint density at radius 3 is 1.16 bits per heavy atom. The summed E-state index contributed by atoms with van der Waals surface area (Å²) < 4.78 is 23.6. The van der Waals surface area contributed by atoms with Crippen molar-refractivity contribution in [2.75, 3.05) is 40.9 Å². The second-order valence-corrected chi connectivity index (χ2v) is 24.4. The number of carbonyl (C=O) groups is 1. The second-order valence-electron chi connectivity index (χ2n) is 22.9. The Morgan fingerprint density at radius 2 is 0.822 bits per heavy atom. The van der Waals surface area contributed by atoms with Crippen LogP contribution in [0.5, 0.6) is 0 Å². The van der Waals surface area contributed by atoms with Crippen LogP contribution in [0.2, 0.25) is 0 Å². The second kappa shape index (κ2) is 54.1. The van der Waals surface area contributed by atoms with Crippen molar-refractivity contribution in [1.82, 2.24) is 5.32 Å². The van der Waals surface area contributed by atoms with Crippen molar-refractivity contribution < 1.29 is 38.0 Å². The van der Waals surface area contributed by atoms with Crippen LogP contribution in [0.3, 0.4) is 0 Å². The molecule has 4 atom stereocenters. The minimum absolute atomic E-state index is 0.0135. The van der Waals surface area contributed by atoms with Crippen LogP contribution < -0.4 is 5.32 Å². The topological polar surface area (TPSA) is 125 Å². The van der Waals surface area contributed by atoms with Gasteiger partial charge in [0.15, 0.2) is 0 Å². The summed E-state index contributed by atoms with van der Waals surface area (Å²) in [5, 5.41) is 24.8. The first-order valence-corrected chi connectivity index (χ1v) is 32.9. The number of phosphoric acid groups is 1. The van der Waals surface area contributed by atoms with E-state index in [1.165, 1.54) is 218 Å². The van der Waals surface area contributed by atoms with E-state index < -0.39 is 32.7 Å². The summed E-state index contributed by atoms with van der Waals surface area (Å²) in [5.74, 6) is -0.270. The molecule has 0 bridgehead atoms. The lowest BCUT2D eigenvalue weighted by molar-refractivity contribution is -0.870.